The Labute approximate surface area is 165 Å². The molecule has 0 aliphatic carbocycles. The van der Waals surface area contributed by atoms with Gasteiger partial charge in [0, 0.05) is 23.4 Å². The molecule has 0 bridgehead atoms. The summed E-state index contributed by atoms with van der Waals surface area (Å²) >= 11 is 0. The number of hydrogen-bond donors (Lipinski definition) is 3. The van der Waals surface area contributed by atoms with Crippen molar-refractivity contribution in [1.82, 2.24) is 15.8 Å². The second kappa shape index (κ2) is 9.03. The summed E-state index contributed by atoms with van der Waals surface area (Å²) in [6, 6.07) is 14.9. The molecule has 7 nitrogen and oxygen atoms in total. The number of nitrogens with zero attached hydrogens (tertiary/aromatic N) is 1. The van der Waals surface area contributed by atoms with Crippen molar-refractivity contribution in [1.29, 1.82) is 0 Å². The highest BCUT2D eigenvalue weighted by molar-refractivity contribution is 6.00. The standard InChI is InChI=1S/C21H26N4O3/c1-5-22-20(28)23-17-13-9-12-16(14-17)19(27)25(21(2,3)4)24-18(26)15-10-7-6-8-11-15/h6-14H,5H2,1-4H3,(H,24,26)(H2,22,23,28). The second-order valence-corrected chi connectivity index (χ2v) is 7.18. The Morgan fingerprint density at radius 3 is 2.18 bits per heavy atom. The fourth-order valence-electron chi connectivity index (χ4n) is 2.47. The maximum Gasteiger partial charge on any atom is 0.319 e. The Bertz CT molecular complexity index is 844. The normalized spacial score (nSPS) is 10.7. The fourth-order valence-corrected chi connectivity index (χ4v) is 2.47. The first-order valence-corrected chi connectivity index (χ1v) is 9.08. The minimum absolute atomic E-state index is 0.345. The number of hydrazine groups is 1. The van der Waals surface area contributed by atoms with Gasteiger partial charge in [0.2, 0.25) is 0 Å². The van der Waals surface area contributed by atoms with E-state index in [1.54, 1.807) is 48.5 Å². The van der Waals surface area contributed by atoms with Crippen molar-refractivity contribution in [2.75, 3.05) is 11.9 Å². The first-order chi connectivity index (χ1) is 13.2. The number of hydrogen-bond acceptors (Lipinski definition) is 3. The van der Waals surface area contributed by atoms with Crippen LogP contribution in [-0.4, -0.2) is 34.9 Å². The van der Waals surface area contributed by atoms with Gasteiger partial charge in [-0.15, -0.1) is 0 Å². The van der Waals surface area contributed by atoms with Crippen LogP contribution in [0.25, 0.3) is 0 Å². The van der Waals surface area contributed by atoms with Crippen LogP contribution in [0.5, 0.6) is 0 Å². The minimum atomic E-state index is -0.662. The average Bonchev–Trinajstić information content (AvgIpc) is 2.65. The van der Waals surface area contributed by atoms with Crippen LogP contribution in [0.1, 0.15) is 48.4 Å². The van der Waals surface area contributed by atoms with Gasteiger partial charge < -0.3 is 10.6 Å². The molecule has 0 unspecified atom stereocenters. The van der Waals surface area contributed by atoms with E-state index in [4.69, 9.17) is 0 Å². The zero-order chi connectivity index (χ0) is 20.7. The summed E-state index contributed by atoms with van der Waals surface area (Å²) < 4.78 is 0. The SMILES string of the molecule is CCNC(=O)Nc1cccc(C(=O)N(NC(=O)c2ccccc2)C(C)(C)C)c1. The van der Waals surface area contributed by atoms with Crippen molar-refractivity contribution < 1.29 is 14.4 Å². The van der Waals surface area contributed by atoms with Crippen molar-refractivity contribution in [2.45, 2.75) is 33.2 Å². The molecule has 7 heteroatoms. The fraction of sp³-hybridized carbons (Fsp3) is 0.286. The molecule has 0 aliphatic rings. The smallest absolute Gasteiger partial charge is 0.319 e. The zero-order valence-corrected chi connectivity index (χ0v) is 16.6. The Morgan fingerprint density at radius 2 is 1.57 bits per heavy atom. The molecule has 2 rings (SSSR count). The van der Waals surface area contributed by atoms with Crippen LogP contribution in [0.3, 0.4) is 0 Å². The van der Waals surface area contributed by atoms with Crippen LogP contribution >= 0.6 is 0 Å². The van der Waals surface area contributed by atoms with Crippen LogP contribution < -0.4 is 16.1 Å². The summed E-state index contributed by atoms with van der Waals surface area (Å²) in [5.41, 5.74) is 3.32. The number of urea groups is 1. The molecule has 2 aromatic rings. The van der Waals surface area contributed by atoms with E-state index in [1.807, 2.05) is 33.8 Å². The molecule has 28 heavy (non-hydrogen) atoms. The van der Waals surface area contributed by atoms with E-state index in [1.165, 1.54) is 5.01 Å². The number of rotatable bonds is 4. The summed E-state index contributed by atoms with van der Waals surface area (Å²) in [5, 5.41) is 6.61. The van der Waals surface area contributed by atoms with E-state index in [0.717, 1.165) is 0 Å². The molecule has 0 radical (unpaired) electrons. The van der Waals surface area contributed by atoms with Crippen molar-refractivity contribution in [2.24, 2.45) is 0 Å². The van der Waals surface area contributed by atoms with Gasteiger partial charge in [-0.3, -0.25) is 15.0 Å². The summed E-state index contributed by atoms with van der Waals surface area (Å²) in [5.74, 6) is -0.753. The van der Waals surface area contributed by atoms with Crippen LogP contribution in [0, 0.1) is 0 Å². The quantitative estimate of drug-likeness (QED) is 0.708. The number of nitrogens with one attached hydrogen (secondary N) is 3. The van der Waals surface area contributed by atoms with Crippen LogP contribution in [0.4, 0.5) is 10.5 Å². The molecule has 2 aromatic carbocycles. The highest BCUT2D eigenvalue weighted by Crippen LogP contribution is 2.18. The third-order valence-corrected chi connectivity index (χ3v) is 3.83. The summed E-state index contributed by atoms with van der Waals surface area (Å²) in [6.45, 7) is 7.79. The molecule has 4 amide bonds. The summed E-state index contributed by atoms with van der Waals surface area (Å²) in [4.78, 5) is 37.4. The lowest BCUT2D eigenvalue weighted by atomic mass is 10.1. The van der Waals surface area contributed by atoms with Crippen molar-refractivity contribution in [3.05, 3.63) is 65.7 Å². The Morgan fingerprint density at radius 1 is 0.929 bits per heavy atom. The summed E-state index contributed by atoms with van der Waals surface area (Å²) in [6.07, 6.45) is 0. The van der Waals surface area contributed by atoms with Gasteiger partial charge in [0.05, 0.1) is 5.54 Å². The Balaban J connectivity index is 2.24. The van der Waals surface area contributed by atoms with Gasteiger partial charge >= 0.3 is 6.03 Å². The minimum Gasteiger partial charge on any atom is -0.338 e. The van der Waals surface area contributed by atoms with Gasteiger partial charge in [0.25, 0.3) is 11.8 Å². The molecule has 0 saturated carbocycles. The van der Waals surface area contributed by atoms with E-state index in [0.29, 0.717) is 23.4 Å². The van der Waals surface area contributed by atoms with Crippen molar-refractivity contribution in [3.63, 3.8) is 0 Å². The van der Waals surface area contributed by atoms with Gasteiger partial charge in [0.1, 0.15) is 0 Å². The maximum absolute atomic E-state index is 13.1. The highest BCUT2D eigenvalue weighted by Gasteiger charge is 2.29. The molecular weight excluding hydrogens is 356 g/mol. The predicted molar refractivity (Wildman–Crippen MR) is 109 cm³/mol. The Hall–Kier alpha value is -3.35. The van der Waals surface area contributed by atoms with E-state index < -0.39 is 5.54 Å². The van der Waals surface area contributed by atoms with Gasteiger partial charge in [-0.25, -0.2) is 9.80 Å². The molecule has 148 valence electrons. The van der Waals surface area contributed by atoms with Gasteiger partial charge in [-0.2, -0.15) is 0 Å². The Kier molecular flexibility index (Phi) is 6.76. The first kappa shape index (κ1) is 21.0. The van der Waals surface area contributed by atoms with E-state index in [-0.39, 0.29) is 17.8 Å². The first-order valence-electron chi connectivity index (χ1n) is 9.08. The molecule has 0 spiro atoms. The molecule has 0 aromatic heterocycles. The lowest BCUT2D eigenvalue weighted by Crippen LogP contribution is -2.55. The molecule has 0 aliphatic heterocycles. The molecule has 0 fully saturated rings. The van der Waals surface area contributed by atoms with Crippen LogP contribution in [0.15, 0.2) is 54.6 Å². The molecule has 3 N–H and O–H groups in total. The monoisotopic (exact) mass is 382 g/mol. The van der Waals surface area contributed by atoms with Crippen LogP contribution in [0.2, 0.25) is 0 Å². The number of carbonyl (C=O) groups excluding carboxylic acids is 3. The molecular formula is C21H26N4O3. The number of amides is 4. The van der Waals surface area contributed by atoms with Gasteiger partial charge in [0.15, 0.2) is 0 Å². The highest BCUT2D eigenvalue weighted by atomic mass is 16.2. The third kappa shape index (κ3) is 5.57. The number of benzene rings is 2. The lowest BCUT2D eigenvalue weighted by molar-refractivity contribution is 0.0358. The van der Waals surface area contributed by atoms with Crippen molar-refractivity contribution in [3.8, 4) is 0 Å². The molecule has 0 atom stereocenters. The third-order valence-electron chi connectivity index (χ3n) is 3.83. The second-order valence-electron chi connectivity index (χ2n) is 7.18. The predicted octanol–water partition coefficient (Wildman–Crippen LogP) is 3.41. The van der Waals surface area contributed by atoms with Gasteiger partial charge in [-0.1, -0.05) is 24.3 Å². The van der Waals surface area contributed by atoms with E-state index in [2.05, 4.69) is 16.1 Å². The topological polar surface area (TPSA) is 90.5 Å². The van der Waals surface area contributed by atoms with Crippen LogP contribution in [-0.2, 0) is 0 Å². The summed E-state index contributed by atoms with van der Waals surface area (Å²) in [7, 11) is 0. The lowest BCUT2D eigenvalue weighted by Gasteiger charge is -2.35. The number of carbonyl (C=O) groups is 3. The molecule has 0 heterocycles. The van der Waals surface area contributed by atoms with E-state index in [9.17, 15) is 14.4 Å². The van der Waals surface area contributed by atoms with Crippen molar-refractivity contribution >= 4 is 23.5 Å². The number of anilines is 1. The maximum atomic E-state index is 13.1. The largest absolute Gasteiger partial charge is 0.338 e. The molecule has 0 saturated heterocycles. The average molecular weight is 382 g/mol. The van der Waals surface area contributed by atoms with Gasteiger partial charge in [-0.05, 0) is 58.0 Å². The van der Waals surface area contributed by atoms with E-state index >= 15 is 0 Å². The zero-order valence-electron chi connectivity index (χ0n) is 16.6.